The topological polar surface area (TPSA) is 69.6 Å². The number of rotatable bonds is 1. The summed E-state index contributed by atoms with van der Waals surface area (Å²) in [7, 11) is 0. The average molecular weight is 282 g/mol. The van der Waals surface area contributed by atoms with Gasteiger partial charge in [-0.15, -0.1) is 0 Å². The highest BCUT2D eigenvalue weighted by atomic mass is 35.5. The van der Waals surface area contributed by atoms with Crippen molar-refractivity contribution in [3.05, 3.63) is 60.7 Å². The van der Waals surface area contributed by atoms with Crippen LogP contribution in [0.3, 0.4) is 0 Å². The Bertz CT molecular complexity index is 445. The van der Waals surface area contributed by atoms with Crippen LogP contribution in [0, 0.1) is 0 Å². The van der Waals surface area contributed by atoms with Crippen LogP contribution in [0.4, 0.5) is 5.69 Å². The number of phenolic OH excluding ortho intramolecular Hbond substituents is 1. The molecule has 0 radical (unpaired) electrons. The van der Waals surface area contributed by atoms with Crippen molar-refractivity contribution in [3.8, 4) is 5.75 Å². The third-order valence-electron chi connectivity index (χ3n) is 1.64. The van der Waals surface area contributed by atoms with Gasteiger partial charge in [-0.25, -0.2) is 0 Å². The van der Waals surface area contributed by atoms with Crippen LogP contribution in [-0.4, -0.2) is 16.2 Å². The Morgan fingerprint density at radius 3 is 1.58 bits per heavy atom. The standard InChI is InChI=1S/C6H6ClN.C6H6O.C2H4O2/c7-8-6-4-2-1-3-5-6;7-6-4-2-1-3-5-6;1-2(3)4/h1-5,8H;1-5,7H;1H3,(H,3,4). The van der Waals surface area contributed by atoms with E-state index in [1.165, 1.54) is 0 Å². The second-order valence-electron chi connectivity index (χ2n) is 3.32. The van der Waals surface area contributed by atoms with Gasteiger partial charge in [-0.05, 0) is 24.3 Å². The van der Waals surface area contributed by atoms with Crippen LogP contribution in [0.2, 0.25) is 0 Å². The van der Waals surface area contributed by atoms with Crippen LogP contribution in [-0.2, 0) is 4.79 Å². The number of halogens is 1. The molecule has 4 nitrogen and oxygen atoms in total. The van der Waals surface area contributed by atoms with Crippen LogP contribution < -0.4 is 4.84 Å². The number of aromatic hydroxyl groups is 1. The maximum Gasteiger partial charge on any atom is 0.300 e. The SMILES string of the molecule is CC(=O)O.ClNc1ccccc1.Oc1ccccc1. The number of nitrogens with one attached hydrogen (secondary N) is 1. The molecule has 0 unspecified atom stereocenters. The fourth-order valence-electron chi connectivity index (χ4n) is 0.929. The molecular weight excluding hydrogens is 266 g/mol. The average Bonchev–Trinajstić information content (AvgIpc) is 2.41. The van der Waals surface area contributed by atoms with Crippen molar-refractivity contribution < 1.29 is 15.0 Å². The number of hydrogen-bond donors (Lipinski definition) is 3. The molecule has 0 atom stereocenters. The highest BCUT2D eigenvalue weighted by molar-refractivity contribution is 6.23. The summed E-state index contributed by atoms with van der Waals surface area (Å²) >= 11 is 5.28. The fraction of sp³-hybridized carbons (Fsp3) is 0.0714. The Labute approximate surface area is 117 Å². The first kappa shape index (κ1) is 16.8. The molecule has 0 spiro atoms. The van der Waals surface area contributed by atoms with Gasteiger partial charge >= 0.3 is 0 Å². The zero-order chi connectivity index (χ0) is 14.5. The van der Waals surface area contributed by atoms with Crippen molar-refractivity contribution in [2.45, 2.75) is 6.92 Å². The van der Waals surface area contributed by atoms with Gasteiger partial charge in [0.25, 0.3) is 5.97 Å². The lowest BCUT2D eigenvalue weighted by Gasteiger charge is -1.91. The van der Waals surface area contributed by atoms with Gasteiger partial charge in [-0.1, -0.05) is 36.4 Å². The van der Waals surface area contributed by atoms with Gasteiger partial charge < -0.3 is 10.2 Å². The predicted molar refractivity (Wildman–Crippen MR) is 77.3 cm³/mol. The molecule has 2 rings (SSSR count). The van der Waals surface area contributed by atoms with Gasteiger partial charge in [0.05, 0.1) is 0 Å². The molecular formula is C14H16ClNO3. The third-order valence-corrected chi connectivity index (χ3v) is 1.86. The van der Waals surface area contributed by atoms with Gasteiger partial charge in [-0.2, -0.15) is 0 Å². The highest BCUT2D eigenvalue weighted by Crippen LogP contribution is 2.04. The lowest BCUT2D eigenvalue weighted by atomic mass is 10.3. The summed E-state index contributed by atoms with van der Waals surface area (Å²) in [6.45, 7) is 1.08. The van der Waals surface area contributed by atoms with Crippen LogP contribution in [0.5, 0.6) is 5.75 Å². The van der Waals surface area contributed by atoms with Gasteiger partial charge in [0.1, 0.15) is 5.75 Å². The van der Waals surface area contributed by atoms with Crippen molar-refractivity contribution in [1.82, 2.24) is 0 Å². The van der Waals surface area contributed by atoms with E-state index in [-0.39, 0.29) is 0 Å². The van der Waals surface area contributed by atoms with Crippen molar-refractivity contribution in [2.75, 3.05) is 4.84 Å². The molecule has 0 heterocycles. The number of benzene rings is 2. The maximum absolute atomic E-state index is 9.00. The van der Waals surface area contributed by atoms with E-state index in [9.17, 15) is 0 Å². The Hall–Kier alpha value is -2.20. The second-order valence-corrected chi connectivity index (χ2v) is 3.50. The highest BCUT2D eigenvalue weighted by Gasteiger charge is 1.79. The summed E-state index contributed by atoms with van der Waals surface area (Å²) in [4.78, 5) is 11.5. The van der Waals surface area contributed by atoms with Gasteiger partial charge in [0.2, 0.25) is 0 Å². The van der Waals surface area contributed by atoms with Gasteiger partial charge in [0, 0.05) is 24.4 Å². The number of carbonyl (C=O) groups is 1. The van der Waals surface area contributed by atoms with Gasteiger partial charge in [-0.3, -0.25) is 9.63 Å². The first-order valence-electron chi connectivity index (χ1n) is 5.41. The molecule has 3 N–H and O–H groups in total. The van der Waals surface area contributed by atoms with Crippen LogP contribution >= 0.6 is 11.8 Å². The molecule has 19 heavy (non-hydrogen) atoms. The lowest BCUT2D eigenvalue weighted by Crippen LogP contribution is -1.78. The van der Waals surface area contributed by atoms with Crippen molar-refractivity contribution in [1.29, 1.82) is 0 Å². The molecule has 0 saturated heterocycles. The number of hydrogen-bond acceptors (Lipinski definition) is 3. The van der Waals surface area contributed by atoms with Gasteiger partial charge in [0.15, 0.2) is 0 Å². The first-order valence-corrected chi connectivity index (χ1v) is 5.79. The molecule has 5 heteroatoms. The molecule has 0 saturated carbocycles. The maximum atomic E-state index is 9.00. The monoisotopic (exact) mass is 281 g/mol. The molecule has 0 aromatic heterocycles. The van der Waals surface area contributed by atoms with E-state index in [4.69, 9.17) is 26.8 Å². The smallest absolute Gasteiger partial charge is 0.300 e. The third kappa shape index (κ3) is 12.1. The number of carboxylic acids is 1. The van der Waals surface area contributed by atoms with E-state index in [1.54, 1.807) is 24.3 Å². The molecule has 0 aliphatic carbocycles. The zero-order valence-electron chi connectivity index (χ0n) is 10.5. The minimum Gasteiger partial charge on any atom is -0.508 e. The number of anilines is 1. The Balaban J connectivity index is 0.000000272. The molecule has 2 aromatic rings. The molecule has 0 aliphatic rings. The van der Waals surface area contributed by atoms with Crippen molar-refractivity contribution in [3.63, 3.8) is 0 Å². The quantitative estimate of drug-likeness (QED) is 0.697. The number of carboxylic acid groups (broad SMARTS) is 1. The molecule has 2 aromatic carbocycles. The summed E-state index contributed by atoms with van der Waals surface area (Å²) < 4.78 is 0. The molecule has 0 aliphatic heterocycles. The summed E-state index contributed by atoms with van der Waals surface area (Å²) in [5.41, 5.74) is 0.925. The minimum atomic E-state index is -0.833. The predicted octanol–water partition coefficient (Wildman–Crippen LogP) is 3.74. The largest absolute Gasteiger partial charge is 0.508 e. The Morgan fingerprint density at radius 1 is 1.00 bits per heavy atom. The fourth-order valence-corrected chi connectivity index (χ4v) is 1.06. The van der Waals surface area contributed by atoms with E-state index in [0.717, 1.165) is 12.6 Å². The van der Waals surface area contributed by atoms with Crippen molar-refractivity contribution >= 4 is 23.4 Å². The lowest BCUT2D eigenvalue weighted by molar-refractivity contribution is -0.134. The summed E-state index contributed by atoms with van der Waals surface area (Å²) in [6, 6.07) is 18.3. The van der Waals surface area contributed by atoms with Crippen LogP contribution in [0.15, 0.2) is 60.7 Å². The number of para-hydroxylation sites is 2. The molecule has 102 valence electrons. The second kappa shape index (κ2) is 10.9. The summed E-state index contributed by atoms with van der Waals surface area (Å²) in [5, 5.41) is 16.0. The molecule has 0 bridgehead atoms. The van der Waals surface area contributed by atoms with Crippen molar-refractivity contribution in [2.24, 2.45) is 0 Å². The zero-order valence-corrected chi connectivity index (χ0v) is 11.2. The minimum absolute atomic E-state index is 0.322. The van der Waals surface area contributed by atoms with E-state index < -0.39 is 5.97 Å². The normalized spacial score (nSPS) is 8.11. The first-order chi connectivity index (χ1) is 9.06. The van der Waals surface area contributed by atoms with E-state index in [0.29, 0.717) is 5.75 Å². The Kier molecular flexibility index (Phi) is 9.66. The van der Waals surface area contributed by atoms with Crippen LogP contribution in [0.1, 0.15) is 6.92 Å². The summed E-state index contributed by atoms with van der Waals surface area (Å²) in [5.74, 6) is -0.512. The van der Waals surface area contributed by atoms with Crippen LogP contribution in [0.25, 0.3) is 0 Å². The number of phenols is 1. The summed E-state index contributed by atoms with van der Waals surface area (Å²) in [6.07, 6.45) is 0. The Morgan fingerprint density at radius 2 is 1.37 bits per heavy atom. The number of aliphatic carboxylic acids is 1. The molecule has 0 amide bonds. The van der Waals surface area contributed by atoms with E-state index >= 15 is 0 Å². The van der Waals surface area contributed by atoms with E-state index in [1.807, 2.05) is 36.4 Å². The van der Waals surface area contributed by atoms with E-state index in [2.05, 4.69) is 4.84 Å². The molecule has 0 fully saturated rings.